The van der Waals surface area contributed by atoms with E-state index in [1.165, 1.54) is 6.07 Å². The lowest BCUT2D eigenvalue weighted by atomic mass is 10.00. The molecule has 0 fully saturated rings. The van der Waals surface area contributed by atoms with Gasteiger partial charge in [-0.1, -0.05) is 29.4 Å². The molecule has 2 aromatic rings. The number of aryl methyl sites for hydroxylation is 1. The predicted octanol–water partition coefficient (Wildman–Crippen LogP) is 3.44. The Kier molecular flexibility index (Phi) is 2.10. The van der Waals surface area contributed by atoms with Crippen LogP contribution in [-0.4, -0.2) is 5.16 Å². The highest BCUT2D eigenvalue weighted by molar-refractivity contribution is 5.73. The van der Waals surface area contributed by atoms with Gasteiger partial charge in [-0.25, -0.2) is 4.39 Å². The lowest BCUT2D eigenvalue weighted by molar-refractivity contribution is 0.384. The van der Waals surface area contributed by atoms with Crippen LogP contribution in [0, 0.1) is 5.82 Å². The van der Waals surface area contributed by atoms with Gasteiger partial charge in [0.1, 0.15) is 17.3 Å². The van der Waals surface area contributed by atoms with Gasteiger partial charge in [-0.3, -0.25) is 0 Å². The maximum absolute atomic E-state index is 13.6. The third-order valence-electron chi connectivity index (χ3n) is 2.75. The molecule has 0 spiro atoms. The van der Waals surface area contributed by atoms with E-state index in [9.17, 15) is 4.39 Å². The zero-order valence-corrected chi connectivity index (χ0v) is 8.61. The van der Waals surface area contributed by atoms with Gasteiger partial charge in [-0.15, -0.1) is 0 Å². The van der Waals surface area contributed by atoms with Crippen LogP contribution in [0.2, 0.25) is 0 Å². The number of hydrogen-bond acceptors (Lipinski definition) is 2. The predicted molar refractivity (Wildman–Crippen MR) is 59.3 cm³/mol. The van der Waals surface area contributed by atoms with Gasteiger partial charge in [0.25, 0.3) is 0 Å². The minimum atomic E-state index is -0.266. The number of aromatic nitrogens is 1. The molecule has 80 valence electrons. The highest BCUT2D eigenvalue weighted by Crippen LogP contribution is 2.31. The van der Waals surface area contributed by atoms with Crippen LogP contribution in [0.4, 0.5) is 4.39 Å². The third kappa shape index (κ3) is 1.36. The van der Waals surface area contributed by atoms with Gasteiger partial charge in [0.2, 0.25) is 0 Å². The van der Waals surface area contributed by atoms with Gasteiger partial charge in [0.05, 0.1) is 0 Å². The van der Waals surface area contributed by atoms with Gasteiger partial charge in [0, 0.05) is 17.5 Å². The zero-order chi connectivity index (χ0) is 11.0. The molecule has 3 heteroatoms. The van der Waals surface area contributed by atoms with E-state index in [0.29, 0.717) is 11.3 Å². The molecule has 3 rings (SSSR count). The van der Waals surface area contributed by atoms with E-state index in [0.717, 1.165) is 24.2 Å². The third-order valence-corrected chi connectivity index (χ3v) is 2.75. The molecule has 1 aromatic heterocycles. The topological polar surface area (TPSA) is 26.0 Å². The van der Waals surface area contributed by atoms with Crippen molar-refractivity contribution in [3.05, 3.63) is 47.5 Å². The van der Waals surface area contributed by atoms with Crippen molar-refractivity contribution < 1.29 is 8.91 Å². The van der Waals surface area contributed by atoms with Gasteiger partial charge in [0.15, 0.2) is 0 Å². The molecule has 1 heterocycles. The normalized spacial score (nSPS) is 13.8. The Balaban J connectivity index is 2.19. The molecule has 1 aliphatic rings. The Morgan fingerprint density at radius 3 is 3.00 bits per heavy atom. The first-order valence-electron chi connectivity index (χ1n) is 5.26. The Labute approximate surface area is 92.4 Å². The smallest absolute Gasteiger partial charge is 0.144 e. The van der Waals surface area contributed by atoms with Gasteiger partial charge < -0.3 is 4.52 Å². The van der Waals surface area contributed by atoms with Crippen molar-refractivity contribution in [3.63, 3.8) is 0 Å². The summed E-state index contributed by atoms with van der Waals surface area (Å²) < 4.78 is 18.8. The highest BCUT2D eigenvalue weighted by atomic mass is 19.1. The van der Waals surface area contributed by atoms with Crippen LogP contribution in [0.1, 0.15) is 17.7 Å². The number of allylic oxidation sites excluding steroid dienone is 1. The fourth-order valence-electron chi connectivity index (χ4n) is 1.95. The SMILES string of the molecule is Fc1ccccc1-c1noc2c1C=CCC2. The van der Waals surface area contributed by atoms with E-state index in [2.05, 4.69) is 11.2 Å². The van der Waals surface area contributed by atoms with E-state index in [1.807, 2.05) is 6.08 Å². The Morgan fingerprint density at radius 1 is 1.25 bits per heavy atom. The second-order valence-electron chi connectivity index (χ2n) is 3.79. The quantitative estimate of drug-likeness (QED) is 0.728. The maximum Gasteiger partial charge on any atom is 0.144 e. The van der Waals surface area contributed by atoms with Gasteiger partial charge in [-0.05, 0) is 18.6 Å². The van der Waals surface area contributed by atoms with E-state index in [1.54, 1.807) is 18.2 Å². The minimum Gasteiger partial charge on any atom is -0.360 e. The molecule has 0 aliphatic heterocycles. The molecular weight excluding hydrogens is 205 g/mol. The van der Waals surface area contributed by atoms with Gasteiger partial charge >= 0.3 is 0 Å². The second kappa shape index (κ2) is 3.59. The standard InChI is InChI=1S/C13H10FNO/c14-11-7-3-1-5-9(11)13-10-6-2-4-8-12(10)16-15-13/h1-3,5-7H,4,8H2. The molecule has 0 amide bonds. The van der Waals surface area contributed by atoms with Crippen molar-refractivity contribution in [1.82, 2.24) is 5.16 Å². The first-order chi connectivity index (χ1) is 7.86. The average molecular weight is 215 g/mol. The molecule has 1 aromatic carbocycles. The first-order valence-corrected chi connectivity index (χ1v) is 5.26. The van der Waals surface area contributed by atoms with Crippen LogP contribution in [0.15, 0.2) is 34.9 Å². The molecule has 0 radical (unpaired) electrons. The zero-order valence-electron chi connectivity index (χ0n) is 8.61. The lowest BCUT2D eigenvalue weighted by Crippen LogP contribution is -1.91. The fraction of sp³-hybridized carbons (Fsp3) is 0.154. The van der Waals surface area contributed by atoms with Crippen LogP contribution in [-0.2, 0) is 6.42 Å². The Hall–Kier alpha value is -1.90. The number of benzene rings is 1. The number of halogens is 1. The van der Waals surface area contributed by atoms with E-state index in [-0.39, 0.29) is 5.82 Å². The van der Waals surface area contributed by atoms with E-state index >= 15 is 0 Å². The van der Waals surface area contributed by atoms with Crippen LogP contribution < -0.4 is 0 Å². The summed E-state index contributed by atoms with van der Waals surface area (Å²) in [6, 6.07) is 6.62. The molecule has 0 bridgehead atoms. The molecule has 0 unspecified atom stereocenters. The van der Waals surface area contributed by atoms with Gasteiger partial charge in [-0.2, -0.15) is 0 Å². The van der Waals surface area contributed by atoms with Crippen molar-refractivity contribution in [2.24, 2.45) is 0 Å². The summed E-state index contributed by atoms with van der Waals surface area (Å²) in [5.74, 6) is 0.582. The van der Waals surface area contributed by atoms with Crippen molar-refractivity contribution in [3.8, 4) is 11.3 Å². The fourth-order valence-corrected chi connectivity index (χ4v) is 1.95. The van der Waals surface area contributed by atoms with E-state index < -0.39 is 0 Å². The lowest BCUT2D eigenvalue weighted by Gasteiger charge is -2.03. The molecule has 0 N–H and O–H groups in total. The number of hydrogen-bond donors (Lipinski definition) is 0. The molecule has 2 nitrogen and oxygen atoms in total. The summed E-state index contributed by atoms with van der Waals surface area (Å²) in [5, 5.41) is 3.96. The average Bonchev–Trinajstić information content (AvgIpc) is 2.74. The van der Waals surface area contributed by atoms with Crippen molar-refractivity contribution in [2.45, 2.75) is 12.8 Å². The summed E-state index contributed by atoms with van der Waals surface area (Å²) >= 11 is 0. The molecule has 16 heavy (non-hydrogen) atoms. The highest BCUT2D eigenvalue weighted by Gasteiger charge is 2.18. The monoisotopic (exact) mass is 215 g/mol. The summed E-state index contributed by atoms with van der Waals surface area (Å²) in [4.78, 5) is 0. The number of rotatable bonds is 1. The first kappa shape index (κ1) is 9.33. The number of nitrogens with zero attached hydrogens (tertiary/aromatic N) is 1. The molecule has 0 saturated carbocycles. The largest absolute Gasteiger partial charge is 0.360 e. The second-order valence-corrected chi connectivity index (χ2v) is 3.79. The maximum atomic E-state index is 13.6. The van der Waals surface area contributed by atoms with Crippen molar-refractivity contribution in [2.75, 3.05) is 0 Å². The summed E-state index contributed by atoms with van der Waals surface area (Å²) in [7, 11) is 0. The molecule has 0 saturated heterocycles. The minimum absolute atomic E-state index is 0.266. The van der Waals surface area contributed by atoms with Crippen LogP contribution in [0.3, 0.4) is 0 Å². The van der Waals surface area contributed by atoms with Crippen LogP contribution >= 0.6 is 0 Å². The molecule has 1 aliphatic carbocycles. The summed E-state index contributed by atoms with van der Waals surface area (Å²) in [6.07, 6.45) is 5.81. The van der Waals surface area contributed by atoms with Crippen molar-refractivity contribution in [1.29, 1.82) is 0 Å². The Bertz CT molecular complexity index is 557. The van der Waals surface area contributed by atoms with Crippen LogP contribution in [0.25, 0.3) is 17.3 Å². The summed E-state index contributed by atoms with van der Waals surface area (Å²) in [6.45, 7) is 0. The Morgan fingerprint density at radius 2 is 2.12 bits per heavy atom. The molecular formula is C13H10FNO. The number of fused-ring (bicyclic) bond motifs is 1. The van der Waals surface area contributed by atoms with E-state index in [4.69, 9.17) is 4.52 Å². The van der Waals surface area contributed by atoms with Crippen LogP contribution in [0.5, 0.6) is 0 Å². The van der Waals surface area contributed by atoms with Crippen molar-refractivity contribution >= 4 is 6.08 Å². The summed E-state index contributed by atoms with van der Waals surface area (Å²) in [5.41, 5.74) is 2.01. The molecule has 0 atom stereocenters.